The maximum atomic E-state index is 11.5. The highest BCUT2D eigenvalue weighted by atomic mass is 35.5. The van der Waals surface area contributed by atoms with Gasteiger partial charge in [0.25, 0.3) is 0 Å². The molecule has 1 N–H and O–H groups in total. The van der Waals surface area contributed by atoms with Crippen molar-refractivity contribution >= 4 is 23.1 Å². The number of ketones is 1. The van der Waals surface area contributed by atoms with Gasteiger partial charge in [-0.1, -0.05) is 11.6 Å². The Balaban J connectivity index is 2.02. The van der Waals surface area contributed by atoms with Crippen LogP contribution in [-0.2, 0) is 4.79 Å². The summed E-state index contributed by atoms with van der Waals surface area (Å²) in [5, 5.41) is 3.85. The zero-order valence-electron chi connectivity index (χ0n) is 9.00. The highest BCUT2D eigenvalue weighted by Gasteiger charge is 2.14. The van der Waals surface area contributed by atoms with Crippen LogP contribution >= 0.6 is 11.6 Å². The third kappa shape index (κ3) is 2.86. The van der Waals surface area contributed by atoms with E-state index in [0.29, 0.717) is 11.4 Å². The van der Waals surface area contributed by atoms with Crippen molar-refractivity contribution < 1.29 is 4.79 Å². The van der Waals surface area contributed by atoms with E-state index in [1.807, 2.05) is 30.5 Å². The van der Waals surface area contributed by atoms with Gasteiger partial charge in [0.2, 0.25) is 0 Å². The summed E-state index contributed by atoms with van der Waals surface area (Å²) in [5.41, 5.74) is 1.86. The van der Waals surface area contributed by atoms with Gasteiger partial charge in [0.1, 0.15) is 0 Å². The molecule has 1 aliphatic carbocycles. The highest BCUT2D eigenvalue weighted by Crippen LogP contribution is 2.20. The second kappa shape index (κ2) is 5.17. The number of hydrogen-bond donors (Lipinski definition) is 1. The zero-order chi connectivity index (χ0) is 11.4. The number of benzene rings is 1. The number of allylic oxidation sites excluding steroid dienone is 1. The van der Waals surface area contributed by atoms with Crippen molar-refractivity contribution in [2.45, 2.75) is 25.7 Å². The minimum atomic E-state index is 0.271. The Morgan fingerprint density at radius 2 is 1.81 bits per heavy atom. The number of halogens is 1. The van der Waals surface area contributed by atoms with Crippen LogP contribution < -0.4 is 5.32 Å². The third-order valence-corrected chi connectivity index (χ3v) is 2.97. The van der Waals surface area contributed by atoms with Crippen molar-refractivity contribution in [3.63, 3.8) is 0 Å². The van der Waals surface area contributed by atoms with Gasteiger partial charge in [0, 0.05) is 28.9 Å². The summed E-state index contributed by atoms with van der Waals surface area (Å²) in [4.78, 5) is 11.5. The van der Waals surface area contributed by atoms with Crippen LogP contribution in [0.2, 0.25) is 5.02 Å². The Morgan fingerprint density at radius 3 is 2.50 bits per heavy atom. The van der Waals surface area contributed by atoms with Crippen LogP contribution in [0, 0.1) is 0 Å². The molecule has 0 unspecified atom stereocenters. The average molecular weight is 236 g/mol. The molecule has 0 aromatic heterocycles. The maximum absolute atomic E-state index is 11.5. The summed E-state index contributed by atoms with van der Waals surface area (Å²) in [6, 6.07) is 7.44. The number of hydrogen-bond acceptors (Lipinski definition) is 2. The monoisotopic (exact) mass is 235 g/mol. The van der Waals surface area contributed by atoms with Gasteiger partial charge in [-0.2, -0.15) is 0 Å². The Labute approximate surface area is 100 Å². The second-order valence-electron chi connectivity index (χ2n) is 3.95. The lowest BCUT2D eigenvalue weighted by Gasteiger charge is -2.12. The first-order valence-corrected chi connectivity index (χ1v) is 5.88. The summed E-state index contributed by atoms with van der Waals surface area (Å²) in [6.07, 6.45) is 5.54. The van der Waals surface area contributed by atoms with E-state index in [9.17, 15) is 4.79 Å². The van der Waals surface area contributed by atoms with Crippen LogP contribution in [0.25, 0.3) is 0 Å². The largest absolute Gasteiger partial charge is 0.361 e. The maximum Gasteiger partial charge on any atom is 0.160 e. The molecule has 84 valence electrons. The van der Waals surface area contributed by atoms with E-state index < -0.39 is 0 Å². The van der Waals surface area contributed by atoms with Crippen LogP contribution in [0.4, 0.5) is 5.69 Å². The van der Waals surface area contributed by atoms with Crippen molar-refractivity contribution in [2.75, 3.05) is 5.32 Å². The number of anilines is 1. The third-order valence-electron chi connectivity index (χ3n) is 2.72. The second-order valence-corrected chi connectivity index (χ2v) is 4.39. The predicted molar refractivity (Wildman–Crippen MR) is 66.6 cm³/mol. The Morgan fingerprint density at radius 1 is 1.12 bits per heavy atom. The lowest BCUT2D eigenvalue weighted by atomic mass is 9.94. The van der Waals surface area contributed by atoms with Gasteiger partial charge in [0.05, 0.1) is 0 Å². The summed E-state index contributed by atoms with van der Waals surface area (Å²) < 4.78 is 0. The molecule has 1 aromatic carbocycles. The molecule has 1 saturated carbocycles. The first kappa shape index (κ1) is 11.2. The molecular formula is C13H14ClNO. The normalized spacial score (nSPS) is 18.8. The molecule has 2 nitrogen and oxygen atoms in total. The quantitative estimate of drug-likeness (QED) is 0.791. The molecule has 0 saturated heterocycles. The molecule has 1 fully saturated rings. The summed E-state index contributed by atoms with van der Waals surface area (Å²) in [6.45, 7) is 0. The Bertz CT molecular complexity index is 408. The van der Waals surface area contributed by atoms with Crippen LogP contribution in [0.1, 0.15) is 25.7 Å². The number of carbonyl (C=O) groups is 1. The van der Waals surface area contributed by atoms with Gasteiger partial charge in [-0.25, -0.2) is 0 Å². The summed E-state index contributed by atoms with van der Waals surface area (Å²) in [7, 11) is 0. The zero-order valence-corrected chi connectivity index (χ0v) is 9.76. The Kier molecular flexibility index (Phi) is 3.62. The van der Waals surface area contributed by atoms with Gasteiger partial charge >= 0.3 is 0 Å². The van der Waals surface area contributed by atoms with Crippen molar-refractivity contribution in [2.24, 2.45) is 0 Å². The minimum absolute atomic E-state index is 0.271. The molecule has 0 aliphatic heterocycles. The minimum Gasteiger partial charge on any atom is -0.361 e. The van der Waals surface area contributed by atoms with E-state index >= 15 is 0 Å². The Hall–Kier alpha value is -1.28. The molecule has 1 aromatic rings. The summed E-state index contributed by atoms with van der Waals surface area (Å²) in [5.74, 6) is 0.271. The standard InChI is InChI=1S/C13H14ClNO/c14-11-5-7-12(8-6-11)15-9-10-3-1-2-4-13(10)16/h5-9,15H,1-4H2/b10-9-. The lowest BCUT2D eigenvalue weighted by Crippen LogP contribution is -2.09. The highest BCUT2D eigenvalue weighted by molar-refractivity contribution is 6.30. The molecular weight excluding hydrogens is 222 g/mol. The van der Waals surface area contributed by atoms with Crippen LogP contribution in [-0.4, -0.2) is 5.78 Å². The van der Waals surface area contributed by atoms with Crippen LogP contribution in [0.15, 0.2) is 36.0 Å². The van der Waals surface area contributed by atoms with Gasteiger partial charge in [-0.05, 0) is 43.5 Å². The molecule has 3 heteroatoms. The van der Waals surface area contributed by atoms with E-state index in [0.717, 1.165) is 30.5 Å². The van der Waals surface area contributed by atoms with Crippen molar-refractivity contribution in [1.29, 1.82) is 0 Å². The summed E-state index contributed by atoms with van der Waals surface area (Å²) >= 11 is 5.79. The number of carbonyl (C=O) groups excluding carboxylic acids is 1. The van der Waals surface area contributed by atoms with Crippen molar-refractivity contribution in [1.82, 2.24) is 0 Å². The molecule has 0 spiro atoms. The van der Waals surface area contributed by atoms with E-state index in [1.165, 1.54) is 0 Å². The molecule has 0 heterocycles. The fraction of sp³-hybridized carbons (Fsp3) is 0.308. The molecule has 16 heavy (non-hydrogen) atoms. The molecule has 0 amide bonds. The molecule has 0 atom stereocenters. The smallest absolute Gasteiger partial charge is 0.160 e. The van der Waals surface area contributed by atoms with E-state index in [1.54, 1.807) is 0 Å². The fourth-order valence-electron chi connectivity index (χ4n) is 1.77. The first-order valence-electron chi connectivity index (χ1n) is 5.50. The number of Topliss-reactive ketones (excluding diaryl/α,β-unsaturated/α-hetero) is 1. The van der Waals surface area contributed by atoms with Gasteiger partial charge in [0.15, 0.2) is 5.78 Å². The predicted octanol–water partition coefficient (Wildman–Crippen LogP) is 3.78. The van der Waals surface area contributed by atoms with E-state index in [4.69, 9.17) is 11.6 Å². The fourth-order valence-corrected chi connectivity index (χ4v) is 1.90. The van der Waals surface area contributed by atoms with Gasteiger partial charge in [-0.15, -0.1) is 0 Å². The molecule has 0 bridgehead atoms. The van der Waals surface area contributed by atoms with E-state index in [2.05, 4.69) is 5.32 Å². The lowest BCUT2D eigenvalue weighted by molar-refractivity contribution is -0.116. The molecule has 0 radical (unpaired) electrons. The topological polar surface area (TPSA) is 29.1 Å². The van der Waals surface area contributed by atoms with Gasteiger partial charge in [-0.3, -0.25) is 4.79 Å². The van der Waals surface area contributed by atoms with Crippen LogP contribution in [0.5, 0.6) is 0 Å². The van der Waals surface area contributed by atoms with Crippen molar-refractivity contribution in [3.8, 4) is 0 Å². The van der Waals surface area contributed by atoms with Gasteiger partial charge < -0.3 is 5.32 Å². The number of rotatable bonds is 2. The first-order chi connectivity index (χ1) is 7.75. The SMILES string of the molecule is O=C1CCCC/C1=C/Nc1ccc(Cl)cc1. The number of nitrogens with one attached hydrogen (secondary N) is 1. The average Bonchev–Trinajstić information content (AvgIpc) is 2.30. The molecule has 2 rings (SSSR count). The van der Waals surface area contributed by atoms with Crippen molar-refractivity contribution in [3.05, 3.63) is 41.1 Å². The molecule has 1 aliphatic rings. The van der Waals surface area contributed by atoms with E-state index in [-0.39, 0.29) is 5.78 Å². The van der Waals surface area contributed by atoms with Crippen LogP contribution in [0.3, 0.4) is 0 Å².